The first-order valence-corrected chi connectivity index (χ1v) is 7.90. The molecule has 0 aliphatic carbocycles. The smallest absolute Gasteiger partial charge is 0.336 e. The van der Waals surface area contributed by atoms with Crippen molar-refractivity contribution < 1.29 is 14.7 Å². The van der Waals surface area contributed by atoms with Gasteiger partial charge in [0.25, 0.3) is 0 Å². The summed E-state index contributed by atoms with van der Waals surface area (Å²) in [5.74, 6) is -1.05. The molecule has 0 heterocycles. The molecule has 0 spiro atoms. The summed E-state index contributed by atoms with van der Waals surface area (Å²) in [5, 5.41) is 14.4. The van der Waals surface area contributed by atoms with Crippen LogP contribution in [0.15, 0.2) is 22.7 Å². The zero-order chi connectivity index (χ0) is 15.3. The Morgan fingerprint density at radius 2 is 2.05 bits per heavy atom. The van der Waals surface area contributed by atoms with Crippen LogP contribution < -0.4 is 10.6 Å². The Kier molecular flexibility index (Phi) is 5.88. The van der Waals surface area contributed by atoms with Crippen LogP contribution in [0.25, 0.3) is 0 Å². The number of benzene rings is 1. The molecule has 0 aliphatic rings. The molecule has 0 saturated carbocycles. The molecule has 0 aliphatic heterocycles. The van der Waals surface area contributed by atoms with E-state index in [-0.39, 0.29) is 16.3 Å². The number of carboxylic acids is 1. The fourth-order valence-electron chi connectivity index (χ4n) is 1.31. The third-order valence-corrected chi connectivity index (χ3v) is 4.62. The summed E-state index contributed by atoms with van der Waals surface area (Å²) in [5.41, 5.74) is 0.539. The molecule has 7 heteroatoms. The van der Waals surface area contributed by atoms with Crippen molar-refractivity contribution in [2.75, 3.05) is 18.1 Å². The van der Waals surface area contributed by atoms with E-state index in [2.05, 4.69) is 26.6 Å². The van der Waals surface area contributed by atoms with Gasteiger partial charge in [0.05, 0.1) is 5.56 Å². The van der Waals surface area contributed by atoms with Crippen LogP contribution in [0.2, 0.25) is 0 Å². The van der Waals surface area contributed by atoms with Gasteiger partial charge in [-0.1, -0.05) is 0 Å². The topological polar surface area (TPSA) is 78.4 Å². The lowest BCUT2D eigenvalue weighted by molar-refractivity contribution is 0.0696. The zero-order valence-electron chi connectivity index (χ0n) is 11.5. The number of thioether (sulfide) groups is 1. The maximum Gasteiger partial charge on any atom is 0.336 e. The maximum atomic E-state index is 11.8. The highest BCUT2D eigenvalue weighted by atomic mass is 79.9. The molecule has 20 heavy (non-hydrogen) atoms. The Hall–Kier alpha value is -1.21. The van der Waals surface area contributed by atoms with E-state index in [9.17, 15) is 9.59 Å². The summed E-state index contributed by atoms with van der Waals surface area (Å²) in [6, 6.07) is 4.28. The van der Waals surface area contributed by atoms with Crippen molar-refractivity contribution in [2.45, 2.75) is 18.6 Å². The highest BCUT2D eigenvalue weighted by molar-refractivity contribution is 9.10. The molecule has 0 radical (unpaired) electrons. The number of nitrogens with one attached hydrogen (secondary N) is 2. The second-order valence-corrected chi connectivity index (χ2v) is 7.14. The minimum atomic E-state index is -1.05. The molecule has 1 aromatic carbocycles. The van der Waals surface area contributed by atoms with Gasteiger partial charge in [0, 0.05) is 21.5 Å². The number of hydrogen-bond donors (Lipinski definition) is 3. The summed E-state index contributed by atoms with van der Waals surface area (Å²) < 4.78 is 0.419. The molecule has 0 unspecified atom stereocenters. The Morgan fingerprint density at radius 1 is 1.40 bits per heavy atom. The van der Waals surface area contributed by atoms with Crippen molar-refractivity contribution >= 4 is 45.4 Å². The molecule has 1 rings (SSSR count). The van der Waals surface area contributed by atoms with Gasteiger partial charge in [0.2, 0.25) is 0 Å². The van der Waals surface area contributed by atoms with Crippen LogP contribution in [0.1, 0.15) is 24.2 Å². The Balaban J connectivity index is 2.67. The molecular weight excluding hydrogens is 344 g/mol. The molecule has 110 valence electrons. The quantitative estimate of drug-likeness (QED) is 0.751. The number of carboxylic acid groups (broad SMARTS) is 1. The van der Waals surface area contributed by atoms with E-state index in [0.29, 0.717) is 16.7 Å². The van der Waals surface area contributed by atoms with Gasteiger partial charge in [-0.05, 0) is 54.2 Å². The van der Waals surface area contributed by atoms with Gasteiger partial charge in [-0.15, -0.1) is 0 Å². The van der Waals surface area contributed by atoms with Crippen LogP contribution in [0.4, 0.5) is 10.5 Å². The lowest BCUT2D eigenvalue weighted by atomic mass is 10.2. The highest BCUT2D eigenvalue weighted by Crippen LogP contribution is 2.22. The average molecular weight is 361 g/mol. The van der Waals surface area contributed by atoms with Gasteiger partial charge in [-0.3, -0.25) is 0 Å². The van der Waals surface area contributed by atoms with Gasteiger partial charge in [-0.25, -0.2) is 9.59 Å². The van der Waals surface area contributed by atoms with Crippen molar-refractivity contribution in [1.29, 1.82) is 0 Å². The predicted octanol–water partition coefficient (Wildman–Crippen LogP) is 3.41. The van der Waals surface area contributed by atoms with Gasteiger partial charge >= 0.3 is 12.0 Å². The SMILES string of the molecule is CSC(C)(C)CNC(=O)Nc1ccc(Br)c(C(=O)O)c1. The van der Waals surface area contributed by atoms with E-state index >= 15 is 0 Å². The highest BCUT2D eigenvalue weighted by Gasteiger charge is 2.17. The number of anilines is 1. The minimum Gasteiger partial charge on any atom is -0.478 e. The largest absolute Gasteiger partial charge is 0.478 e. The van der Waals surface area contributed by atoms with Crippen LogP contribution in [0, 0.1) is 0 Å². The molecule has 3 N–H and O–H groups in total. The number of urea groups is 1. The van der Waals surface area contributed by atoms with Crippen molar-refractivity contribution in [3.63, 3.8) is 0 Å². The van der Waals surface area contributed by atoms with Crippen LogP contribution in [0.3, 0.4) is 0 Å². The molecular formula is C13H17BrN2O3S. The number of aromatic carboxylic acids is 1. The number of carbonyl (C=O) groups excluding carboxylic acids is 1. The van der Waals surface area contributed by atoms with E-state index in [1.807, 2.05) is 20.1 Å². The van der Waals surface area contributed by atoms with Gasteiger partial charge in [0.15, 0.2) is 0 Å². The molecule has 0 saturated heterocycles. The third kappa shape index (κ3) is 5.05. The second kappa shape index (κ2) is 6.99. The van der Waals surface area contributed by atoms with Crippen molar-refractivity contribution in [1.82, 2.24) is 5.32 Å². The summed E-state index contributed by atoms with van der Waals surface area (Å²) in [4.78, 5) is 22.7. The first kappa shape index (κ1) is 16.8. The van der Waals surface area contributed by atoms with Crippen LogP contribution >= 0.6 is 27.7 Å². The Bertz CT molecular complexity index is 520. The van der Waals surface area contributed by atoms with Crippen LogP contribution in [0.5, 0.6) is 0 Å². The van der Waals surface area contributed by atoms with E-state index in [1.54, 1.807) is 23.9 Å². The fraction of sp³-hybridized carbons (Fsp3) is 0.385. The lowest BCUT2D eigenvalue weighted by Gasteiger charge is -2.22. The number of rotatable bonds is 5. The first-order chi connectivity index (χ1) is 9.25. The number of carbonyl (C=O) groups is 2. The van der Waals surface area contributed by atoms with Crippen molar-refractivity contribution in [2.24, 2.45) is 0 Å². The van der Waals surface area contributed by atoms with E-state index in [1.165, 1.54) is 6.07 Å². The molecule has 0 fully saturated rings. The fourth-order valence-corrected chi connectivity index (χ4v) is 1.94. The van der Waals surface area contributed by atoms with E-state index in [4.69, 9.17) is 5.11 Å². The second-order valence-electron chi connectivity index (χ2n) is 4.77. The molecule has 0 aromatic heterocycles. The normalized spacial score (nSPS) is 11.0. The number of hydrogen-bond acceptors (Lipinski definition) is 3. The standard InChI is InChI=1S/C13H17BrN2O3S/c1-13(2,20-3)7-15-12(19)16-8-4-5-10(14)9(6-8)11(17)18/h4-6H,7H2,1-3H3,(H,17,18)(H2,15,16,19). The monoisotopic (exact) mass is 360 g/mol. The molecule has 0 atom stereocenters. The van der Waals surface area contributed by atoms with Gasteiger partial charge < -0.3 is 15.7 Å². The molecule has 0 bridgehead atoms. The lowest BCUT2D eigenvalue weighted by Crippen LogP contribution is -2.38. The van der Waals surface area contributed by atoms with E-state index < -0.39 is 5.97 Å². The molecule has 5 nitrogen and oxygen atoms in total. The molecule has 1 aromatic rings. The summed E-state index contributed by atoms with van der Waals surface area (Å²) in [6.45, 7) is 4.57. The summed E-state index contributed by atoms with van der Waals surface area (Å²) in [6.07, 6.45) is 1.98. The summed E-state index contributed by atoms with van der Waals surface area (Å²) >= 11 is 4.81. The summed E-state index contributed by atoms with van der Waals surface area (Å²) in [7, 11) is 0. The number of amides is 2. The van der Waals surface area contributed by atoms with Crippen molar-refractivity contribution in [3.05, 3.63) is 28.2 Å². The number of halogens is 1. The van der Waals surface area contributed by atoms with Crippen molar-refractivity contribution in [3.8, 4) is 0 Å². The minimum absolute atomic E-state index is 0.0523. The maximum absolute atomic E-state index is 11.8. The predicted molar refractivity (Wildman–Crippen MR) is 85.7 cm³/mol. The van der Waals surface area contributed by atoms with Gasteiger partial charge in [0.1, 0.15) is 0 Å². The van der Waals surface area contributed by atoms with Crippen LogP contribution in [-0.2, 0) is 0 Å². The molecule has 2 amide bonds. The third-order valence-electron chi connectivity index (χ3n) is 2.68. The zero-order valence-corrected chi connectivity index (χ0v) is 13.9. The Morgan fingerprint density at radius 3 is 2.60 bits per heavy atom. The van der Waals surface area contributed by atoms with Crippen LogP contribution in [-0.4, -0.2) is 34.7 Å². The van der Waals surface area contributed by atoms with Gasteiger partial charge in [-0.2, -0.15) is 11.8 Å². The van der Waals surface area contributed by atoms with E-state index in [0.717, 1.165) is 0 Å². The average Bonchev–Trinajstić information content (AvgIpc) is 2.38. The first-order valence-electron chi connectivity index (χ1n) is 5.88. The Labute approximate surface area is 130 Å².